The number of hydrogen-bond donors (Lipinski definition) is 2. The molecule has 1 aromatic heterocycles. The Morgan fingerprint density at radius 1 is 1.12 bits per heavy atom. The number of rotatable bonds is 5. The average molecular weight is 527 g/mol. The summed E-state index contributed by atoms with van der Waals surface area (Å²) in [5, 5.41) is 18.0. The van der Waals surface area contributed by atoms with Gasteiger partial charge in [-0.1, -0.05) is 50.8 Å². The topological polar surface area (TPSA) is 95.4 Å². The normalized spacial score (nSPS) is 15.8. The summed E-state index contributed by atoms with van der Waals surface area (Å²) in [4.78, 5) is 28.7. The molecule has 0 spiro atoms. The lowest BCUT2D eigenvalue weighted by Gasteiger charge is -2.38. The summed E-state index contributed by atoms with van der Waals surface area (Å²) in [6, 6.07) is 16.3. The summed E-state index contributed by atoms with van der Waals surface area (Å²) in [5.74, 6) is -0.691. The van der Waals surface area contributed by atoms with E-state index in [0.717, 1.165) is 14.9 Å². The summed E-state index contributed by atoms with van der Waals surface area (Å²) < 4.78 is 4.86. The van der Waals surface area contributed by atoms with Gasteiger partial charge in [0.2, 0.25) is 0 Å². The van der Waals surface area contributed by atoms with Gasteiger partial charge >= 0.3 is 0 Å². The van der Waals surface area contributed by atoms with Crippen LogP contribution in [0, 0.1) is 6.92 Å². The molecule has 1 saturated heterocycles. The van der Waals surface area contributed by atoms with E-state index in [1.165, 1.54) is 11.5 Å². The minimum Gasteiger partial charge on any atom is -0.385 e. The van der Waals surface area contributed by atoms with E-state index in [9.17, 15) is 14.7 Å². The van der Waals surface area contributed by atoms with E-state index in [0.29, 0.717) is 37.2 Å². The van der Waals surface area contributed by atoms with Crippen LogP contribution in [0.2, 0.25) is 0 Å². The minimum atomic E-state index is -0.996. The molecule has 9 heteroatoms. The van der Waals surface area contributed by atoms with Crippen LogP contribution in [0.5, 0.6) is 0 Å². The Hall–Kier alpha value is -2.88. The third-order valence-corrected chi connectivity index (χ3v) is 6.92. The molecule has 2 aromatic carbocycles. The zero-order valence-electron chi connectivity index (χ0n) is 18.0. The fraction of sp³-hybridized carbons (Fsp3) is 0.250. The molecule has 0 aliphatic carbocycles. The molecule has 7 nitrogen and oxygen atoms in total. The number of aliphatic hydroxyl groups is 1. The van der Waals surface area contributed by atoms with Crippen LogP contribution in [0.25, 0.3) is 6.08 Å². The summed E-state index contributed by atoms with van der Waals surface area (Å²) in [6.07, 6.45) is 2.37. The third kappa shape index (κ3) is 5.38. The molecular formula is C24H23BrN4O3S. The second-order valence-corrected chi connectivity index (χ2v) is 9.80. The Morgan fingerprint density at radius 3 is 2.39 bits per heavy atom. The quantitative estimate of drug-likeness (QED) is 0.491. The third-order valence-electron chi connectivity index (χ3n) is 5.74. The Labute approximate surface area is 204 Å². The molecule has 2 heterocycles. The van der Waals surface area contributed by atoms with E-state index in [1.54, 1.807) is 35.2 Å². The van der Waals surface area contributed by atoms with Crippen molar-refractivity contribution in [2.75, 3.05) is 13.1 Å². The molecule has 2 amide bonds. The van der Waals surface area contributed by atoms with Crippen LogP contribution in [0.1, 0.15) is 39.3 Å². The van der Waals surface area contributed by atoms with Gasteiger partial charge in [-0.25, -0.2) is 0 Å². The van der Waals surface area contributed by atoms with Crippen molar-refractivity contribution in [2.45, 2.75) is 25.4 Å². The van der Waals surface area contributed by atoms with Crippen molar-refractivity contribution in [3.63, 3.8) is 0 Å². The first-order chi connectivity index (χ1) is 15.9. The number of aromatic nitrogens is 2. The fourth-order valence-electron chi connectivity index (χ4n) is 3.74. The fourth-order valence-corrected chi connectivity index (χ4v) is 4.45. The van der Waals surface area contributed by atoms with Crippen LogP contribution in [-0.4, -0.2) is 44.5 Å². The largest absolute Gasteiger partial charge is 0.385 e. The highest BCUT2D eigenvalue weighted by molar-refractivity contribution is 9.10. The number of nitrogens with zero attached hydrogens (tertiary/aromatic N) is 3. The molecule has 1 aliphatic rings. The predicted octanol–water partition coefficient (Wildman–Crippen LogP) is 3.89. The summed E-state index contributed by atoms with van der Waals surface area (Å²) in [6.45, 7) is 2.58. The van der Waals surface area contributed by atoms with Crippen molar-refractivity contribution in [3.05, 3.63) is 86.5 Å². The molecular weight excluding hydrogens is 504 g/mol. The first-order valence-corrected chi connectivity index (χ1v) is 12.1. The second-order valence-electron chi connectivity index (χ2n) is 7.92. The molecule has 170 valence electrons. The van der Waals surface area contributed by atoms with E-state index < -0.39 is 5.60 Å². The summed E-state index contributed by atoms with van der Waals surface area (Å²) in [5.41, 5.74) is 0.959. The Bertz CT molecular complexity index is 1170. The van der Waals surface area contributed by atoms with Crippen molar-refractivity contribution in [1.29, 1.82) is 0 Å². The number of likely N-dealkylation sites (tertiary alicyclic amines) is 1. The molecule has 33 heavy (non-hydrogen) atoms. The van der Waals surface area contributed by atoms with E-state index in [-0.39, 0.29) is 17.5 Å². The Morgan fingerprint density at radius 2 is 1.79 bits per heavy atom. The van der Waals surface area contributed by atoms with Crippen molar-refractivity contribution >= 4 is 45.4 Å². The number of amides is 2. The standard InChI is InChI=1S/C24H23BrN4O3S/c1-16-20(27-28-33-16)15-21(26-22(30)17-5-3-2-4-6-17)23(31)29-13-11-24(32,12-14-29)18-7-9-19(25)10-8-18/h2-10,15,32H,11-14H2,1H3,(H,26,30)/b21-15-. The predicted molar refractivity (Wildman–Crippen MR) is 130 cm³/mol. The number of benzene rings is 2. The van der Waals surface area contributed by atoms with Crippen LogP contribution < -0.4 is 5.32 Å². The van der Waals surface area contributed by atoms with Crippen LogP contribution >= 0.6 is 27.5 Å². The van der Waals surface area contributed by atoms with Crippen LogP contribution in [0.4, 0.5) is 0 Å². The van der Waals surface area contributed by atoms with E-state index in [1.807, 2.05) is 37.3 Å². The van der Waals surface area contributed by atoms with Gasteiger partial charge in [0.05, 0.1) is 5.60 Å². The number of hydrogen-bond acceptors (Lipinski definition) is 6. The molecule has 1 aliphatic heterocycles. The molecule has 0 radical (unpaired) electrons. The lowest BCUT2D eigenvalue weighted by atomic mass is 9.84. The minimum absolute atomic E-state index is 0.133. The maximum absolute atomic E-state index is 13.4. The van der Waals surface area contributed by atoms with E-state index in [2.05, 4.69) is 30.8 Å². The van der Waals surface area contributed by atoms with Crippen LogP contribution in [0.3, 0.4) is 0 Å². The van der Waals surface area contributed by atoms with Gasteiger partial charge in [0, 0.05) is 28.0 Å². The number of piperidine rings is 1. The van der Waals surface area contributed by atoms with Gasteiger partial charge in [0.1, 0.15) is 11.4 Å². The smallest absolute Gasteiger partial charge is 0.270 e. The Balaban J connectivity index is 1.53. The van der Waals surface area contributed by atoms with E-state index >= 15 is 0 Å². The van der Waals surface area contributed by atoms with Crippen LogP contribution in [0.15, 0.2) is 64.8 Å². The molecule has 4 rings (SSSR count). The molecule has 3 aromatic rings. The number of carbonyl (C=O) groups excluding carboxylic acids is 2. The lowest BCUT2D eigenvalue weighted by molar-refractivity contribution is -0.131. The van der Waals surface area contributed by atoms with Gasteiger partial charge < -0.3 is 15.3 Å². The maximum Gasteiger partial charge on any atom is 0.270 e. The first kappa shape index (κ1) is 23.3. The van der Waals surface area contributed by atoms with Crippen LogP contribution in [-0.2, 0) is 10.4 Å². The highest BCUT2D eigenvalue weighted by Gasteiger charge is 2.36. The van der Waals surface area contributed by atoms with Gasteiger partial charge in [0.15, 0.2) is 0 Å². The first-order valence-electron chi connectivity index (χ1n) is 10.5. The summed E-state index contributed by atoms with van der Waals surface area (Å²) >= 11 is 4.64. The summed E-state index contributed by atoms with van der Waals surface area (Å²) in [7, 11) is 0. The highest BCUT2D eigenvalue weighted by Crippen LogP contribution is 2.33. The molecule has 0 saturated carbocycles. The molecule has 2 N–H and O–H groups in total. The number of aryl methyl sites for hydroxylation is 1. The SMILES string of the molecule is Cc1snnc1/C=C(\NC(=O)c1ccccc1)C(=O)N1CCC(O)(c2ccc(Br)cc2)CC1. The van der Waals surface area contributed by atoms with Crippen molar-refractivity contribution in [1.82, 2.24) is 19.8 Å². The Kier molecular flexibility index (Phi) is 7.02. The van der Waals surface area contributed by atoms with Crippen molar-refractivity contribution in [2.24, 2.45) is 0 Å². The van der Waals surface area contributed by atoms with Crippen molar-refractivity contribution in [3.8, 4) is 0 Å². The maximum atomic E-state index is 13.4. The monoisotopic (exact) mass is 526 g/mol. The van der Waals surface area contributed by atoms with Gasteiger partial charge in [-0.2, -0.15) is 0 Å². The van der Waals surface area contributed by atoms with Gasteiger partial charge in [-0.15, -0.1) is 5.10 Å². The average Bonchev–Trinajstić information content (AvgIpc) is 3.23. The van der Waals surface area contributed by atoms with Crippen molar-refractivity contribution < 1.29 is 14.7 Å². The lowest BCUT2D eigenvalue weighted by Crippen LogP contribution is -2.47. The number of carbonyl (C=O) groups is 2. The highest BCUT2D eigenvalue weighted by atomic mass is 79.9. The number of halogens is 1. The molecule has 1 fully saturated rings. The van der Waals surface area contributed by atoms with E-state index in [4.69, 9.17) is 0 Å². The zero-order valence-corrected chi connectivity index (χ0v) is 20.4. The zero-order chi connectivity index (χ0) is 23.4. The molecule has 0 unspecified atom stereocenters. The van der Waals surface area contributed by atoms with Gasteiger partial charge in [-0.05, 0) is 67.2 Å². The van der Waals surface area contributed by atoms with Gasteiger partial charge in [0.25, 0.3) is 11.8 Å². The molecule has 0 atom stereocenters. The molecule has 0 bridgehead atoms. The second kappa shape index (κ2) is 9.94. The van der Waals surface area contributed by atoms with Gasteiger partial charge in [-0.3, -0.25) is 9.59 Å². The number of nitrogens with one attached hydrogen (secondary N) is 1.